The van der Waals surface area contributed by atoms with E-state index in [0.717, 1.165) is 38.5 Å². The number of aliphatic hydroxyl groups is 7. The molecule has 1 rings (SSSR count). The van der Waals surface area contributed by atoms with Crippen LogP contribution in [0.3, 0.4) is 0 Å². The van der Waals surface area contributed by atoms with Crippen molar-refractivity contribution in [2.45, 2.75) is 339 Å². The number of hydrogen-bond acceptors (Lipinski definition) is 10. The third-order valence-corrected chi connectivity index (χ3v) is 14.6. The van der Waals surface area contributed by atoms with Crippen molar-refractivity contribution in [2.75, 3.05) is 13.2 Å². The second-order valence-electron chi connectivity index (χ2n) is 21.1. The summed E-state index contributed by atoms with van der Waals surface area (Å²) in [7, 11) is 0. The number of rotatable bonds is 51. The SMILES string of the molecule is CCCCCCCCCCCCCCC/C=C/CCCC(O)C(O)C(COC1OC(CO)C(O)C(O)C1O)NC(=O)C(O)CCCCCCCCCCCCCCCCCCCCCCCCCC. The number of carbonyl (C=O) groups excluding carboxylic acids is 1. The number of nitrogens with one attached hydrogen (secondary N) is 1. The van der Waals surface area contributed by atoms with Gasteiger partial charge >= 0.3 is 0 Å². The summed E-state index contributed by atoms with van der Waals surface area (Å²) in [6, 6.07) is -1.18. The lowest BCUT2D eigenvalue weighted by Gasteiger charge is -2.40. The molecular formula is C58H113NO10. The van der Waals surface area contributed by atoms with Gasteiger partial charge in [-0.05, 0) is 38.5 Å². The molecule has 9 atom stereocenters. The van der Waals surface area contributed by atoms with E-state index in [1.54, 1.807) is 0 Å². The number of carbonyl (C=O) groups is 1. The van der Waals surface area contributed by atoms with Gasteiger partial charge in [0.05, 0.1) is 25.4 Å². The van der Waals surface area contributed by atoms with Gasteiger partial charge in [0.1, 0.15) is 36.6 Å². The topological polar surface area (TPSA) is 189 Å². The zero-order valence-corrected chi connectivity index (χ0v) is 44.8. The van der Waals surface area contributed by atoms with Crippen molar-refractivity contribution in [1.82, 2.24) is 5.32 Å². The quantitative estimate of drug-likeness (QED) is 0.0215. The van der Waals surface area contributed by atoms with E-state index >= 15 is 0 Å². The normalized spacial score (nSPS) is 20.4. The molecule has 1 aliphatic heterocycles. The monoisotopic (exact) mass is 984 g/mol. The molecule has 1 heterocycles. The third-order valence-electron chi connectivity index (χ3n) is 14.6. The maximum Gasteiger partial charge on any atom is 0.249 e. The number of amides is 1. The molecule has 9 unspecified atom stereocenters. The van der Waals surface area contributed by atoms with E-state index in [9.17, 15) is 40.5 Å². The number of ether oxygens (including phenoxy) is 2. The van der Waals surface area contributed by atoms with Crippen molar-refractivity contribution in [1.29, 1.82) is 0 Å². The molecule has 0 aromatic rings. The van der Waals surface area contributed by atoms with Crippen molar-refractivity contribution in [2.24, 2.45) is 0 Å². The van der Waals surface area contributed by atoms with Crippen LogP contribution in [-0.4, -0.2) is 110 Å². The van der Waals surface area contributed by atoms with Crippen LogP contribution in [0.1, 0.15) is 284 Å². The van der Waals surface area contributed by atoms with Crippen LogP contribution in [-0.2, 0) is 14.3 Å². The zero-order valence-electron chi connectivity index (χ0n) is 44.8. The van der Waals surface area contributed by atoms with Gasteiger partial charge in [-0.1, -0.05) is 257 Å². The Morgan fingerprint density at radius 1 is 0.493 bits per heavy atom. The van der Waals surface area contributed by atoms with Crippen molar-refractivity contribution in [3.8, 4) is 0 Å². The molecule has 1 saturated heterocycles. The number of hydrogen-bond donors (Lipinski definition) is 8. The van der Waals surface area contributed by atoms with Crippen molar-refractivity contribution in [3.05, 3.63) is 12.2 Å². The first-order valence-corrected chi connectivity index (χ1v) is 29.6. The Morgan fingerprint density at radius 3 is 1.25 bits per heavy atom. The Kier molecular flexibility index (Phi) is 45.7. The highest BCUT2D eigenvalue weighted by Crippen LogP contribution is 2.23. The van der Waals surface area contributed by atoms with Gasteiger partial charge < -0.3 is 50.5 Å². The van der Waals surface area contributed by atoms with Gasteiger partial charge in [0.2, 0.25) is 5.91 Å². The second kappa shape index (κ2) is 47.8. The number of allylic oxidation sites excluding steroid dienone is 2. The lowest BCUT2D eigenvalue weighted by Crippen LogP contribution is -2.60. The Hall–Kier alpha value is -1.15. The van der Waals surface area contributed by atoms with Gasteiger partial charge in [-0.15, -0.1) is 0 Å². The van der Waals surface area contributed by atoms with Gasteiger partial charge in [-0.3, -0.25) is 4.79 Å². The molecule has 11 heteroatoms. The smallest absolute Gasteiger partial charge is 0.249 e. The molecule has 0 spiro atoms. The molecule has 0 aromatic heterocycles. The van der Waals surface area contributed by atoms with E-state index in [4.69, 9.17) is 9.47 Å². The van der Waals surface area contributed by atoms with Crippen LogP contribution in [0, 0.1) is 0 Å². The Morgan fingerprint density at radius 2 is 0.855 bits per heavy atom. The number of aliphatic hydroxyl groups excluding tert-OH is 7. The predicted molar refractivity (Wildman–Crippen MR) is 284 cm³/mol. The highest BCUT2D eigenvalue weighted by atomic mass is 16.7. The van der Waals surface area contributed by atoms with Gasteiger partial charge in [0.25, 0.3) is 0 Å². The molecule has 410 valence electrons. The van der Waals surface area contributed by atoms with Gasteiger partial charge in [0.15, 0.2) is 6.29 Å². The summed E-state index contributed by atoms with van der Waals surface area (Å²) in [6.45, 7) is 3.48. The first-order valence-electron chi connectivity index (χ1n) is 29.6. The summed E-state index contributed by atoms with van der Waals surface area (Å²) in [5.41, 5.74) is 0. The summed E-state index contributed by atoms with van der Waals surface area (Å²) in [5, 5.41) is 76.1. The first kappa shape index (κ1) is 65.9. The highest BCUT2D eigenvalue weighted by Gasteiger charge is 2.44. The van der Waals surface area contributed by atoms with Crippen molar-refractivity contribution in [3.63, 3.8) is 0 Å². The Bertz CT molecular complexity index is 1130. The van der Waals surface area contributed by atoms with Crippen LogP contribution >= 0.6 is 0 Å². The molecule has 69 heavy (non-hydrogen) atoms. The average Bonchev–Trinajstić information content (AvgIpc) is 3.35. The fraction of sp³-hybridized carbons (Fsp3) is 0.948. The maximum absolute atomic E-state index is 13.2. The zero-order chi connectivity index (χ0) is 50.4. The molecule has 1 amide bonds. The molecule has 11 nitrogen and oxygen atoms in total. The number of unbranched alkanes of at least 4 members (excludes halogenated alkanes) is 37. The minimum atomic E-state index is -1.66. The molecule has 0 radical (unpaired) electrons. The molecular weight excluding hydrogens is 871 g/mol. The highest BCUT2D eigenvalue weighted by molar-refractivity contribution is 5.80. The van der Waals surface area contributed by atoms with Gasteiger partial charge in [0, 0.05) is 0 Å². The van der Waals surface area contributed by atoms with Crippen LogP contribution in [0.25, 0.3) is 0 Å². The summed E-state index contributed by atoms with van der Waals surface area (Å²) in [4.78, 5) is 13.2. The fourth-order valence-electron chi connectivity index (χ4n) is 9.74. The van der Waals surface area contributed by atoms with E-state index in [1.807, 2.05) is 0 Å². The largest absolute Gasteiger partial charge is 0.394 e. The van der Waals surface area contributed by atoms with Gasteiger partial charge in [-0.25, -0.2) is 0 Å². The van der Waals surface area contributed by atoms with Crippen LogP contribution in [0.15, 0.2) is 12.2 Å². The fourth-order valence-corrected chi connectivity index (χ4v) is 9.74. The van der Waals surface area contributed by atoms with Crippen molar-refractivity contribution < 1.29 is 50.0 Å². The molecule has 0 aliphatic carbocycles. The minimum Gasteiger partial charge on any atom is -0.394 e. The van der Waals surface area contributed by atoms with Crippen LogP contribution in [0.4, 0.5) is 0 Å². The maximum atomic E-state index is 13.2. The summed E-state index contributed by atoms with van der Waals surface area (Å²) < 4.78 is 11.1. The van der Waals surface area contributed by atoms with E-state index < -0.39 is 74.2 Å². The van der Waals surface area contributed by atoms with Crippen molar-refractivity contribution >= 4 is 5.91 Å². The Labute approximate surface area is 423 Å². The molecule has 8 N–H and O–H groups in total. The van der Waals surface area contributed by atoms with Crippen LogP contribution in [0.5, 0.6) is 0 Å². The third kappa shape index (κ3) is 36.4. The van der Waals surface area contributed by atoms with E-state index in [1.165, 1.54) is 205 Å². The molecule has 1 aliphatic rings. The standard InChI is InChI=1S/C58H113NO10/c1-3-5-7-9-11-13-15-17-19-21-23-24-25-26-27-28-30-32-34-36-38-40-42-44-46-51(62)57(67)59-49(48-68-58-56(66)55(65)54(64)52(47-60)69-58)53(63)50(61)45-43-41-39-37-35-33-31-29-22-20-18-16-14-12-10-8-6-4-2/h37,39,49-56,58,60-66H,3-36,38,40-48H2,1-2H3,(H,59,67)/b39-37+. The minimum absolute atomic E-state index is 0.260. The summed E-state index contributed by atoms with van der Waals surface area (Å²) >= 11 is 0. The first-order chi connectivity index (χ1) is 33.7. The molecule has 1 fully saturated rings. The average molecular weight is 985 g/mol. The molecule has 0 bridgehead atoms. The van der Waals surface area contributed by atoms with Crippen LogP contribution in [0.2, 0.25) is 0 Å². The molecule has 0 aromatic carbocycles. The Balaban J connectivity index is 2.30. The molecule has 0 saturated carbocycles. The van der Waals surface area contributed by atoms with Gasteiger partial charge in [-0.2, -0.15) is 0 Å². The lowest BCUT2D eigenvalue weighted by atomic mass is 9.98. The second-order valence-corrected chi connectivity index (χ2v) is 21.1. The van der Waals surface area contributed by atoms with E-state index in [-0.39, 0.29) is 12.8 Å². The van der Waals surface area contributed by atoms with E-state index in [2.05, 4.69) is 31.3 Å². The van der Waals surface area contributed by atoms with E-state index in [0.29, 0.717) is 12.8 Å². The van der Waals surface area contributed by atoms with Crippen LogP contribution < -0.4 is 5.32 Å². The lowest BCUT2D eigenvalue weighted by molar-refractivity contribution is -0.303. The summed E-state index contributed by atoms with van der Waals surface area (Å²) in [6.07, 6.45) is 44.1. The summed E-state index contributed by atoms with van der Waals surface area (Å²) in [5.74, 6) is -0.700. The predicted octanol–water partition coefficient (Wildman–Crippen LogP) is 12.4.